The molecule has 0 spiro atoms. The van der Waals surface area contributed by atoms with E-state index in [2.05, 4.69) is 9.72 Å². The van der Waals surface area contributed by atoms with Crippen LogP contribution in [0.4, 0.5) is 0 Å². The molecule has 0 unspecified atom stereocenters. The molecule has 13 heavy (non-hydrogen) atoms. The molecule has 4 heteroatoms. The number of rotatable bonds is 1. The highest BCUT2D eigenvalue weighted by molar-refractivity contribution is 5.91. The second-order valence-electron chi connectivity index (χ2n) is 2.52. The quantitative estimate of drug-likeness (QED) is 0.621. The van der Waals surface area contributed by atoms with Gasteiger partial charge in [-0.15, -0.1) is 0 Å². The van der Waals surface area contributed by atoms with Gasteiger partial charge in [0.2, 0.25) is 0 Å². The van der Waals surface area contributed by atoms with Crippen LogP contribution in [-0.2, 0) is 4.74 Å². The summed E-state index contributed by atoms with van der Waals surface area (Å²) in [5, 5.41) is 0.843. The van der Waals surface area contributed by atoms with Gasteiger partial charge in [-0.3, -0.25) is 0 Å². The molecule has 0 fully saturated rings. The number of hydrogen-bond acceptors (Lipinski definition) is 4. The average molecular weight is 177 g/mol. The molecule has 2 heterocycles. The molecule has 2 rings (SSSR count). The second kappa shape index (κ2) is 2.90. The van der Waals surface area contributed by atoms with Gasteiger partial charge in [0.25, 0.3) is 0 Å². The monoisotopic (exact) mass is 177 g/mol. The lowest BCUT2D eigenvalue weighted by molar-refractivity contribution is 0.0594. The maximum Gasteiger partial charge on any atom is 0.356 e. The van der Waals surface area contributed by atoms with Crippen LogP contribution in [0.2, 0.25) is 0 Å². The molecular weight excluding hydrogens is 170 g/mol. The Hall–Kier alpha value is -1.84. The van der Waals surface area contributed by atoms with Gasteiger partial charge < -0.3 is 9.15 Å². The third-order valence-electron chi connectivity index (χ3n) is 1.73. The summed E-state index contributed by atoms with van der Waals surface area (Å²) in [6, 6.07) is 3.40. The van der Waals surface area contributed by atoms with Gasteiger partial charge in [0.1, 0.15) is 5.69 Å². The molecule has 0 aliphatic heterocycles. The predicted molar refractivity (Wildman–Crippen MR) is 45.3 cm³/mol. The van der Waals surface area contributed by atoms with E-state index in [9.17, 15) is 4.79 Å². The lowest BCUT2D eigenvalue weighted by Crippen LogP contribution is -2.03. The summed E-state index contributed by atoms with van der Waals surface area (Å²) in [5.74, 6) is -0.442. The first-order chi connectivity index (χ1) is 6.31. The molecule has 0 aromatic carbocycles. The molecule has 0 N–H and O–H groups in total. The molecule has 0 bridgehead atoms. The molecule has 66 valence electrons. The zero-order valence-electron chi connectivity index (χ0n) is 6.98. The summed E-state index contributed by atoms with van der Waals surface area (Å²) in [5.41, 5.74) is 0.948. The van der Waals surface area contributed by atoms with Crippen LogP contribution in [0.3, 0.4) is 0 Å². The van der Waals surface area contributed by atoms with E-state index < -0.39 is 5.97 Å². The predicted octanol–water partition coefficient (Wildman–Crippen LogP) is 1.61. The molecule has 0 aliphatic carbocycles. The van der Waals surface area contributed by atoms with Crippen molar-refractivity contribution in [2.45, 2.75) is 0 Å². The van der Waals surface area contributed by atoms with Crippen molar-refractivity contribution in [3.05, 3.63) is 30.3 Å². The summed E-state index contributed by atoms with van der Waals surface area (Å²) >= 11 is 0. The van der Waals surface area contributed by atoms with Crippen LogP contribution >= 0.6 is 0 Å². The molecule has 2 aromatic heterocycles. The highest BCUT2D eigenvalue weighted by Gasteiger charge is 2.08. The lowest BCUT2D eigenvalue weighted by Gasteiger charge is -1.96. The maximum absolute atomic E-state index is 11.1. The van der Waals surface area contributed by atoms with E-state index in [0.29, 0.717) is 5.58 Å². The first kappa shape index (κ1) is 7.79. The van der Waals surface area contributed by atoms with E-state index in [1.807, 2.05) is 0 Å². The fourth-order valence-corrected chi connectivity index (χ4v) is 1.08. The molecule has 0 radical (unpaired) electrons. The standard InChI is InChI=1S/C9H7NO3/c1-12-9(11)7-4-6-2-3-13-8(6)5-10-7/h2-5H,1H3. The van der Waals surface area contributed by atoms with Gasteiger partial charge in [0.05, 0.1) is 19.6 Å². The van der Waals surface area contributed by atoms with Crippen LogP contribution in [0.1, 0.15) is 10.5 Å². The fourth-order valence-electron chi connectivity index (χ4n) is 1.08. The van der Waals surface area contributed by atoms with Crippen molar-refractivity contribution >= 4 is 16.9 Å². The first-order valence-corrected chi connectivity index (χ1v) is 3.73. The van der Waals surface area contributed by atoms with E-state index in [1.165, 1.54) is 13.3 Å². The van der Waals surface area contributed by atoms with Gasteiger partial charge in [-0.05, 0) is 12.1 Å². The number of fused-ring (bicyclic) bond motifs is 1. The van der Waals surface area contributed by atoms with Gasteiger partial charge in [-0.1, -0.05) is 0 Å². The van der Waals surface area contributed by atoms with Crippen molar-refractivity contribution in [2.24, 2.45) is 0 Å². The Morgan fingerprint density at radius 3 is 3.23 bits per heavy atom. The van der Waals surface area contributed by atoms with Gasteiger partial charge in [-0.2, -0.15) is 0 Å². The van der Waals surface area contributed by atoms with Gasteiger partial charge in [-0.25, -0.2) is 9.78 Å². The van der Waals surface area contributed by atoms with Crippen molar-refractivity contribution in [3.63, 3.8) is 0 Å². The number of pyridine rings is 1. The minimum Gasteiger partial charge on any atom is -0.464 e. The zero-order chi connectivity index (χ0) is 9.26. The number of ether oxygens (including phenoxy) is 1. The summed E-state index contributed by atoms with van der Waals surface area (Å²) in [4.78, 5) is 14.9. The molecule has 0 atom stereocenters. The van der Waals surface area contributed by atoms with E-state index in [-0.39, 0.29) is 5.69 Å². The van der Waals surface area contributed by atoms with E-state index in [0.717, 1.165) is 5.39 Å². The number of carbonyl (C=O) groups excluding carboxylic acids is 1. The Bertz CT molecular complexity index is 447. The lowest BCUT2D eigenvalue weighted by atomic mass is 10.3. The number of hydrogen-bond donors (Lipinski definition) is 0. The number of carbonyl (C=O) groups is 1. The maximum atomic E-state index is 11.1. The van der Waals surface area contributed by atoms with Crippen LogP contribution in [0, 0.1) is 0 Å². The number of methoxy groups -OCH3 is 1. The molecule has 0 saturated heterocycles. The van der Waals surface area contributed by atoms with Crippen LogP contribution in [0.5, 0.6) is 0 Å². The number of esters is 1. The average Bonchev–Trinajstić information content (AvgIpc) is 2.63. The zero-order valence-corrected chi connectivity index (χ0v) is 6.98. The van der Waals surface area contributed by atoms with Crippen molar-refractivity contribution in [2.75, 3.05) is 7.11 Å². The largest absolute Gasteiger partial charge is 0.464 e. The number of furan rings is 1. The summed E-state index contributed by atoms with van der Waals surface area (Å²) in [7, 11) is 1.32. The Kier molecular flexibility index (Phi) is 1.73. The molecule has 4 nitrogen and oxygen atoms in total. The topological polar surface area (TPSA) is 52.3 Å². The summed E-state index contributed by atoms with van der Waals surface area (Å²) in [6.45, 7) is 0. The van der Waals surface area contributed by atoms with E-state index >= 15 is 0 Å². The van der Waals surface area contributed by atoms with E-state index in [1.54, 1.807) is 18.4 Å². The minimum atomic E-state index is -0.442. The van der Waals surface area contributed by atoms with Crippen molar-refractivity contribution in [1.82, 2.24) is 4.98 Å². The molecule has 0 aliphatic rings. The number of aromatic nitrogens is 1. The van der Waals surface area contributed by atoms with Crippen LogP contribution < -0.4 is 0 Å². The van der Waals surface area contributed by atoms with Crippen LogP contribution in [0.25, 0.3) is 11.0 Å². The molecule has 0 saturated carbocycles. The Morgan fingerprint density at radius 2 is 2.46 bits per heavy atom. The van der Waals surface area contributed by atoms with E-state index in [4.69, 9.17) is 4.42 Å². The fraction of sp³-hybridized carbons (Fsp3) is 0.111. The first-order valence-electron chi connectivity index (χ1n) is 3.73. The Balaban J connectivity index is 2.54. The van der Waals surface area contributed by atoms with Gasteiger partial charge in [0.15, 0.2) is 5.58 Å². The third kappa shape index (κ3) is 1.26. The molecule has 2 aromatic rings. The third-order valence-corrected chi connectivity index (χ3v) is 1.73. The van der Waals surface area contributed by atoms with Crippen LogP contribution in [0.15, 0.2) is 29.0 Å². The van der Waals surface area contributed by atoms with Crippen molar-refractivity contribution < 1.29 is 13.9 Å². The SMILES string of the molecule is COC(=O)c1cc2ccoc2cn1. The summed E-state index contributed by atoms with van der Waals surface area (Å²) < 4.78 is 9.60. The molecular formula is C9H7NO3. The summed E-state index contributed by atoms with van der Waals surface area (Å²) in [6.07, 6.45) is 3.05. The molecule has 0 amide bonds. The minimum absolute atomic E-state index is 0.288. The van der Waals surface area contributed by atoms with Crippen molar-refractivity contribution in [3.8, 4) is 0 Å². The normalized spacial score (nSPS) is 10.2. The smallest absolute Gasteiger partial charge is 0.356 e. The Labute approximate surface area is 74.1 Å². The highest BCUT2D eigenvalue weighted by atomic mass is 16.5. The highest BCUT2D eigenvalue weighted by Crippen LogP contribution is 2.14. The van der Waals surface area contributed by atoms with Crippen LogP contribution in [-0.4, -0.2) is 18.1 Å². The van der Waals surface area contributed by atoms with Crippen molar-refractivity contribution in [1.29, 1.82) is 0 Å². The Morgan fingerprint density at radius 1 is 1.62 bits per heavy atom. The van der Waals surface area contributed by atoms with Gasteiger partial charge in [0, 0.05) is 5.39 Å². The van der Waals surface area contributed by atoms with Gasteiger partial charge >= 0.3 is 5.97 Å². The number of nitrogens with zero attached hydrogens (tertiary/aromatic N) is 1. The second-order valence-corrected chi connectivity index (χ2v) is 2.52.